The van der Waals surface area contributed by atoms with Crippen LogP contribution in [0.2, 0.25) is 0 Å². The Morgan fingerprint density at radius 2 is 1.55 bits per heavy atom. The number of ether oxygens (including phenoxy) is 1. The van der Waals surface area contributed by atoms with Crippen LogP contribution >= 0.6 is 0 Å². The van der Waals surface area contributed by atoms with Crippen molar-refractivity contribution in [1.29, 1.82) is 0 Å². The van der Waals surface area contributed by atoms with E-state index in [9.17, 15) is 19.7 Å². The van der Waals surface area contributed by atoms with Crippen LogP contribution in [0.25, 0.3) is 0 Å². The van der Waals surface area contributed by atoms with Gasteiger partial charge in [0.2, 0.25) is 5.78 Å². The van der Waals surface area contributed by atoms with Crippen molar-refractivity contribution in [1.82, 2.24) is 10.3 Å². The number of fused-ring (bicyclic) bond motifs is 1. The zero-order chi connectivity index (χ0) is 22.9. The number of carbonyl (C=O) groups excluding carboxylic acids is 2. The van der Waals surface area contributed by atoms with Gasteiger partial charge in [-0.1, -0.05) is 54.6 Å². The fourth-order valence-electron chi connectivity index (χ4n) is 4.13. The highest BCUT2D eigenvalue weighted by molar-refractivity contribution is 6.27. The van der Waals surface area contributed by atoms with Crippen LogP contribution in [0.4, 0.5) is 0 Å². The average molecular weight is 439 g/mol. The number of hydrogen-bond acceptors (Lipinski definition) is 7. The minimum absolute atomic E-state index is 0.0399. The first-order chi connectivity index (χ1) is 16.1. The Kier molecular flexibility index (Phi) is 5.02. The van der Waals surface area contributed by atoms with E-state index in [4.69, 9.17) is 4.74 Å². The zero-order valence-electron chi connectivity index (χ0n) is 17.2. The number of hydrogen-bond donors (Lipinski definition) is 1. The summed E-state index contributed by atoms with van der Waals surface area (Å²) in [4.78, 5) is 42.4. The lowest BCUT2D eigenvalue weighted by atomic mass is 9.77. The third kappa shape index (κ3) is 3.47. The molecule has 5 rings (SSSR count). The number of nitro groups is 1. The van der Waals surface area contributed by atoms with Gasteiger partial charge in [-0.05, 0) is 23.3 Å². The molecular formula is C25H17N3O5. The lowest BCUT2D eigenvalue weighted by Gasteiger charge is -2.30. The topological polar surface area (TPSA) is 111 Å². The van der Waals surface area contributed by atoms with Gasteiger partial charge in [0.25, 0.3) is 5.88 Å². The molecule has 0 fully saturated rings. The van der Waals surface area contributed by atoms with Gasteiger partial charge in [0.1, 0.15) is 5.92 Å². The molecule has 0 amide bonds. The molecule has 8 heteroatoms. The molecule has 162 valence electrons. The number of ketones is 2. The summed E-state index contributed by atoms with van der Waals surface area (Å²) >= 11 is 0. The molecule has 1 aromatic heterocycles. The second kappa shape index (κ2) is 8.16. The van der Waals surface area contributed by atoms with Crippen LogP contribution in [0.3, 0.4) is 0 Å². The molecule has 33 heavy (non-hydrogen) atoms. The van der Waals surface area contributed by atoms with Crippen LogP contribution in [0.5, 0.6) is 0 Å². The maximum Gasteiger partial charge on any atom is 0.317 e. The third-order valence-corrected chi connectivity index (χ3v) is 5.64. The van der Waals surface area contributed by atoms with Gasteiger partial charge in [0, 0.05) is 30.1 Å². The molecule has 1 aliphatic carbocycles. The average Bonchev–Trinajstić information content (AvgIpc) is 2.86. The predicted molar refractivity (Wildman–Crippen MR) is 117 cm³/mol. The normalized spacial score (nSPS) is 17.3. The van der Waals surface area contributed by atoms with Crippen LogP contribution in [0.15, 0.2) is 102 Å². The SMILES string of the molecule is O=C1C2=C(C(=O)c3ccccc31)C(c1ccncc1)C([N+](=O)[O-])=C(NCc1ccccc1)O2. The summed E-state index contributed by atoms with van der Waals surface area (Å²) in [5.41, 5.74) is 1.37. The zero-order valence-corrected chi connectivity index (χ0v) is 17.2. The molecule has 1 N–H and O–H groups in total. The standard InChI is InChI=1S/C25H17N3O5/c29-22-17-8-4-5-9-18(17)23(30)24-20(22)19(16-10-12-26-13-11-16)21(28(31)32)25(33-24)27-14-15-6-2-1-3-7-15/h1-13,19,27H,14H2. The predicted octanol–water partition coefficient (Wildman–Crippen LogP) is 3.76. The molecule has 3 aromatic rings. The number of Topliss-reactive ketones (excluding diaryl/α,β-unsaturated/α-hetero) is 2. The minimum Gasteiger partial charge on any atom is -0.431 e. The lowest BCUT2D eigenvalue weighted by Crippen LogP contribution is -2.35. The van der Waals surface area contributed by atoms with Gasteiger partial charge in [-0.2, -0.15) is 0 Å². The van der Waals surface area contributed by atoms with Crippen molar-refractivity contribution in [3.8, 4) is 0 Å². The van der Waals surface area contributed by atoms with E-state index in [0.717, 1.165) is 5.56 Å². The van der Waals surface area contributed by atoms with Crippen molar-refractivity contribution in [2.24, 2.45) is 0 Å². The van der Waals surface area contributed by atoms with Gasteiger partial charge in [0.05, 0.1) is 10.5 Å². The second-order valence-electron chi connectivity index (χ2n) is 7.57. The first-order valence-corrected chi connectivity index (χ1v) is 10.2. The quantitative estimate of drug-likeness (QED) is 0.476. The van der Waals surface area contributed by atoms with Gasteiger partial charge in [-0.25, -0.2) is 0 Å². The first-order valence-electron chi connectivity index (χ1n) is 10.2. The summed E-state index contributed by atoms with van der Waals surface area (Å²) in [5, 5.41) is 15.2. The molecule has 0 radical (unpaired) electrons. The Labute approximate surface area is 188 Å². The number of benzene rings is 2. The van der Waals surface area contributed by atoms with Gasteiger partial charge < -0.3 is 10.1 Å². The van der Waals surface area contributed by atoms with E-state index in [-0.39, 0.29) is 40.6 Å². The summed E-state index contributed by atoms with van der Waals surface area (Å²) in [6, 6.07) is 18.9. The highest BCUT2D eigenvalue weighted by Crippen LogP contribution is 2.44. The molecule has 0 spiro atoms. The smallest absolute Gasteiger partial charge is 0.317 e. The second-order valence-corrected chi connectivity index (χ2v) is 7.57. The summed E-state index contributed by atoms with van der Waals surface area (Å²) < 4.78 is 5.80. The van der Waals surface area contributed by atoms with E-state index in [1.54, 1.807) is 36.4 Å². The van der Waals surface area contributed by atoms with Crippen molar-refractivity contribution in [2.45, 2.75) is 12.5 Å². The van der Waals surface area contributed by atoms with Crippen LogP contribution in [0, 0.1) is 10.1 Å². The Balaban J connectivity index is 1.67. The Morgan fingerprint density at radius 3 is 2.21 bits per heavy atom. The number of allylic oxidation sites excluding steroid dienone is 2. The van der Waals surface area contributed by atoms with Crippen molar-refractivity contribution in [2.75, 3.05) is 0 Å². The molecule has 1 atom stereocenters. The number of carbonyl (C=O) groups is 2. The molecular weight excluding hydrogens is 422 g/mol. The van der Waals surface area contributed by atoms with Crippen LogP contribution < -0.4 is 5.32 Å². The largest absolute Gasteiger partial charge is 0.431 e. The van der Waals surface area contributed by atoms with Gasteiger partial charge in [-0.3, -0.25) is 24.7 Å². The molecule has 1 aliphatic heterocycles. The van der Waals surface area contributed by atoms with Gasteiger partial charge in [0.15, 0.2) is 11.5 Å². The number of aromatic nitrogens is 1. The maximum atomic E-state index is 13.5. The molecule has 0 saturated heterocycles. The van der Waals surface area contributed by atoms with Crippen molar-refractivity contribution >= 4 is 11.6 Å². The summed E-state index contributed by atoms with van der Waals surface area (Å²) in [7, 11) is 0. The van der Waals surface area contributed by atoms with Crippen molar-refractivity contribution in [3.05, 3.63) is 134 Å². The lowest BCUT2D eigenvalue weighted by molar-refractivity contribution is -0.433. The van der Waals surface area contributed by atoms with E-state index in [2.05, 4.69) is 10.3 Å². The molecule has 1 unspecified atom stereocenters. The first kappa shape index (κ1) is 20.3. The minimum atomic E-state index is -1.10. The Morgan fingerprint density at radius 1 is 0.909 bits per heavy atom. The summed E-state index contributed by atoms with van der Waals surface area (Å²) in [6.07, 6.45) is 2.98. The summed E-state index contributed by atoms with van der Waals surface area (Å²) in [5.74, 6) is -2.41. The van der Waals surface area contributed by atoms with E-state index >= 15 is 0 Å². The molecule has 2 aromatic carbocycles. The molecule has 0 saturated carbocycles. The van der Waals surface area contributed by atoms with E-state index < -0.39 is 22.4 Å². The Bertz CT molecular complexity index is 1350. The van der Waals surface area contributed by atoms with E-state index in [1.165, 1.54) is 12.4 Å². The maximum absolute atomic E-state index is 13.5. The molecule has 2 aliphatic rings. The number of rotatable bonds is 5. The molecule has 2 heterocycles. The van der Waals surface area contributed by atoms with Crippen LogP contribution in [-0.2, 0) is 11.3 Å². The fraction of sp³-hybridized carbons (Fsp3) is 0.0800. The third-order valence-electron chi connectivity index (χ3n) is 5.64. The number of nitrogens with zero attached hydrogens (tertiary/aromatic N) is 2. The van der Waals surface area contributed by atoms with Crippen LogP contribution in [0.1, 0.15) is 37.8 Å². The highest BCUT2D eigenvalue weighted by Gasteiger charge is 2.48. The highest BCUT2D eigenvalue weighted by atomic mass is 16.6. The van der Waals surface area contributed by atoms with Gasteiger partial charge in [-0.15, -0.1) is 0 Å². The monoisotopic (exact) mass is 439 g/mol. The van der Waals surface area contributed by atoms with Crippen molar-refractivity contribution < 1.29 is 19.2 Å². The molecule has 0 bridgehead atoms. The van der Waals surface area contributed by atoms with E-state index in [0.29, 0.717) is 5.56 Å². The van der Waals surface area contributed by atoms with E-state index in [1.807, 2.05) is 30.3 Å². The van der Waals surface area contributed by atoms with Crippen molar-refractivity contribution in [3.63, 3.8) is 0 Å². The Hall–Kier alpha value is -4.59. The number of nitrogens with one attached hydrogen (secondary N) is 1. The van der Waals surface area contributed by atoms with Crippen LogP contribution in [-0.4, -0.2) is 21.5 Å². The summed E-state index contributed by atoms with van der Waals surface area (Å²) in [6.45, 7) is 0.234. The molecule has 8 nitrogen and oxygen atoms in total. The van der Waals surface area contributed by atoms with Gasteiger partial charge >= 0.3 is 5.70 Å². The number of pyridine rings is 1. The fourth-order valence-corrected chi connectivity index (χ4v) is 4.13.